The van der Waals surface area contributed by atoms with E-state index in [1.165, 1.54) is 5.57 Å². The van der Waals surface area contributed by atoms with Crippen molar-refractivity contribution in [2.45, 2.75) is 96.7 Å². The summed E-state index contributed by atoms with van der Waals surface area (Å²) in [6.07, 6.45) is 9.30. The molecule has 2 aliphatic heterocycles. The summed E-state index contributed by atoms with van der Waals surface area (Å²) in [5.41, 5.74) is 0.537. The van der Waals surface area contributed by atoms with Crippen LogP contribution in [0.15, 0.2) is 11.6 Å². The Morgan fingerprint density at radius 2 is 1.93 bits per heavy atom. The molecule has 1 saturated heterocycles. The highest BCUT2D eigenvalue weighted by Gasteiger charge is 2.68. The van der Waals surface area contributed by atoms with E-state index in [2.05, 4.69) is 33.8 Å². The van der Waals surface area contributed by atoms with E-state index >= 15 is 0 Å². The molecule has 0 aromatic carbocycles. The van der Waals surface area contributed by atoms with Gasteiger partial charge in [-0.15, -0.1) is 0 Å². The number of carbonyl (C=O) groups excluding carboxylic acids is 1. The zero-order valence-electron chi connectivity index (χ0n) is 18.8. The molecule has 2 saturated carbocycles. The van der Waals surface area contributed by atoms with Gasteiger partial charge >= 0.3 is 11.9 Å². The molecule has 5 atom stereocenters. The molecule has 2 bridgehead atoms. The predicted octanol–water partition coefficient (Wildman–Crippen LogP) is 4.82. The van der Waals surface area contributed by atoms with Crippen LogP contribution in [0.2, 0.25) is 0 Å². The van der Waals surface area contributed by atoms with Crippen LogP contribution in [-0.2, 0) is 24.1 Å². The van der Waals surface area contributed by atoms with Crippen molar-refractivity contribution in [1.29, 1.82) is 0 Å². The predicted molar refractivity (Wildman–Crippen MR) is 110 cm³/mol. The van der Waals surface area contributed by atoms with Gasteiger partial charge in [0.25, 0.3) is 0 Å². The third kappa shape index (κ3) is 3.13. The second kappa shape index (κ2) is 7.33. The van der Waals surface area contributed by atoms with Crippen LogP contribution in [-0.4, -0.2) is 34.9 Å². The number of esters is 1. The van der Waals surface area contributed by atoms with Gasteiger partial charge in [0.1, 0.15) is 11.2 Å². The van der Waals surface area contributed by atoms with Crippen LogP contribution in [0.4, 0.5) is 0 Å². The number of rotatable bonds is 6. The van der Waals surface area contributed by atoms with Crippen molar-refractivity contribution in [3.8, 4) is 0 Å². The van der Waals surface area contributed by atoms with Gasteiger partial charge in [-0.3, -0.25) is 9.59 Å². The maximum Gasteiger partial charge on any atom is 0.306 e. The van der Waals surface area contributed by atoms with E-state index in [1.54, 1.807) is 0 Å². The van der Waals surface area contributed by atoms with Gasteiger partial charge in [-0.2, -0.15) is 0 Å². The van der Waals surface area contributed by atoms with Crippen molar-refractivity contribution in [3.05, 3.63) is 11.6 Å². The van der Waals surface area contributed by atoms with Crippen molar-refractivity contribution in [2.75, 3.05) is 6.61 Å². The van der Waals surface area contributed by atoms with Gasteiger partial charge < -0.3 is 9.84 Å². The second-order valence-corrected chi connectivity index (χ2v) is 10.8. The number of aliphatic carboxylic acids is 1. The molecule has 0 radical (unpaired) electrons. The topological polar surface area (TPSA) is 82.1 Å². The highest BCUT2D eigenvalue weighted by Crippen LogP contribution is 2.68. The van der Waals surface area contributed by atoms with Crippen molar-refractivity contribution >= 4 is 11.9 Å². The first-order chi connectivity index (χ1) is 14.1. The van der Waals surface area contributed by atoms with E-state index in [0.29, 0.717) is 18.4 Å². The summed E-state index contributed by atoms with van der Waals surface area (Å²) in [5, 5.41) is 8.80. The quantitative estimate of drug-likeness (QED) is 0.377. The van der Waals surface area contributed by atoms with E-state index in [9.17, 15) is 9.59 Å². The molecular weight excluding hydrogens is 384 g/mol. The number of carboxylic acid groups (broad SMARTS) is 1. The molecule has 2 heterocycles. The fourth-order valence-corrected chi connectivity index (χ4v) is 7.02. The maximum absolute atomic E-state index is 12.1. The van der Waals surface area contributed by atoms with Gasteiger partial charge in [-0.25, -0.2) is 9.78 Å². The Labute approximate surface area is 179 Å². The average molecular weight is 421 g/mol. The lowest BCUT2D eigenvalue weighted by Crippen LogP contribution is -2.67. The summed E-state index contributed by atoms with van der Waals surface area (Å²) in [5.74, 6) is -0.664. The summed E-state index contributed by atoms with van der Waals surface area (Å²) in [7, 11) is 0. The molecule has 3 fully saturated rings. The minimum atomic E-state index is -0.974. The average Bonchev–Trinajstić information content (AvgIpc) is 2.71. The molecule has 0 amide bonds. The monoisotopic (exact) mass is 420 g/mol. The smallest absolute Gasteiger partial charge is 0.306 e. The fourth-order valence-electron chi connectivity index (χ4n) is 7.02. The first-order valence-corrected chi connectivity index (χ1v) is 11.5. The number of ether oxygens (including phenoxy) is 1. The standard InChI is InChI=1S/C24H36O6/c1-16(2)23-12-13-24(30-29-23)17(14-23)6-7-18-21(3,10-5-11-22(18,24)4)15-28-20(27)9-8-19(25)26/h14,16,18H,5-13,15H2,1-4H3,(H,25,26). The first-order valence-electron chi connectivity index (χ1n) is 11.5. The van der Waals surface area contributed by atoms with Crippen LogP contribution < -0.4 is 0 Å². The number of hydrogen-bond acceptors (Lipinski definition) is 5. The molecular formula is C24H36O6. The van der Waals surface area contributed by atoms with Gasteiger partial charge in [-0.05, 0) is 62.0 Å². The molecule has 0 aromatic heterocycles. The Hall–Kier alpha value is -1.40. The lowest BCUT2D eigenvalue weighted by molar-refractivity contribution is -0.465. The maximum atomic E-state index is 12.1. The van der Waals surface area contributed by atoms with Gasteiger partial charge in [0.15, 0.2) is 0 Å². The third-order valence-electron chi connectivity index (χ3n) is 8.91. The molecule has 1 spiro atoms. The van der Waals surface area contributed by atoms with Gasteiger partial charge in [0.2, 0.25) is 0 Å². The highest BCUT2D eigenvalue weighted by atomic mass is 17.2. The highest BCUT2D eigenvalue weighted by molar-refractivity contribution is 5.76. The lowest BCUT2D eigenvalue weighted by atomic mass is 9.43. The van der Waals surface area contributed by atoms with Gasteiger partial charge in [-0.1, -0.05) is 34.1 Å². The van der Waals surface area contributed by atoms with E-state index in [-0.39, 0.29) is 34.9 Å². The summed E-state index contributed by atoms with van der Waals surface area (Å²) in [4.78, 5) is 35.3. The number of hydrogen-bond donors (Lipinski definition) is 1. The molecule has 3 aliphatic carbocycles. The normalized spacial score (nSPS) is 42.3. The Bertz CT molecular complexity index is 747. The molecule has 6 heteroatoms. The fraction of sp³-hybridized carbons (Fsp3) is 0.833. The Morgan fingerprint density at radius 1 is 1.17 bits per heavy atom. The van der Waals surface area contributed by atoms with Crippen molar-refractivity contribution in [2.24, 2.45) is 22.7 Å². The minimum Gasteiger partial charge on any atom is -0.481 e. The number of fused-ring (bicyclic) bond motifs is 3. The number of carbonyl (C=O) groups is 2. The van der Waals surface area contributed by atoms with E-state index in [0.717, 1.165) is 44.9 Å². The largest absolute Gasteiger partial charge is 0.481 e. The molecule has 5 rings (SSSR count). The molecule has 30 heavy (non-hydrogen) atoms. The zero-order chi connectivity index (χ0) is 21.8. The number of carboxylic acids is 1. The Morgan fingerprint density at radius 3 is 2.57 bits per heavy atom. The zero-order valence-corrected chi connectivity index (χ0v) is 18.8. The molecule has 6 nitrogen and oxygen atoms in total. The van der Waals surface area contributed by atoms with Crippen LogP contribution in [0, 0.1) is 22.7 Å². The SMILES string of the molecule is CC(C)C12C=C3CCC4C(C)(COC(=O)CCC(=O)O)CCCC4(C)C3(CC1)OO2. The second-order valence-electron chi connectivity index (χ2n) is 10.8. The minimum absolute atomic E-state index is 0.0683. The van der Waals surface area contributed by atoms with E-state index in [4.69, 9.17) is 19.6 Å². The Kier molecular flexibility index (Phi) is 5.33. The van der Waals surface area contributed by atoms with Crippen LogP contribution in [0.3, 0.4) is 0 Å². The van der Waals surface area contributed by atoms with Gasteiger partial charge in [0, 0.05) is 10.8 Å². The van der Waals surface area contributed by atoms with Crippen molar-refractivity contribution in [3.63, 3.8) is 0 Å². The van der Waals surface area contributed by atoms with Crippen molar-refractivity contribution in [1.82, 2.24) is 0 Å². The first kappa shape index (κ1) is 21.8. The van der Waals surface area contributed by atoms with Crippen LogP contribution in [0.25, 0.3) is 0 Å². The van der Waals surface area contributed by atoms with Crippen LogP contribution in [0.5, 0.6) is 0 Å². The summed E-state index contributed by atoms with van der Waals surface area (Å²) in [6, 6.07) is 0. The molecule has 1 N–H and O–H groups in total. The summed E-state index contributed by atoms with van der Waals surface area (Å²) < 4.78 is 5.60. The molecule has 5 unspecified atom stereocenters. The van der Waals surface area contributed by atoms with Crippen LogP contribution >= 0.6 is 0 Å². The van der Waals surface area contributed by atoms with Gasteiger partial charge in [0.05, 0.1) is 19.4 Å². The van der Waals surface area contributed by atoms with E-state index < -0.39 is 11.9 Å². The molecule has 5 aliphatic rings. The van der Waals surface area contributed by atoms with E-state index in [1.807, 2.05) is 0 Å². The molecule has 0 aromatic rings. The van der Waals surface area contributed by atoms with Crippen LogP contribution in [0.1, 0.15) is 85.5 Å². The Balaban J connectivity index is 1.56. The summed E-state index contributed by atoms with van der Waals surface area (Å²) in [6.45, 7) is 9.32. The van der Waals surface area contributed by atoms with Crippen molar-refractivity contribution < 1.29 is 29.2 Å². The third-order valence-corrected chi connectivity index (χ3v) is 8.91. The molecule has 168 valence electrons. The lowest BCUT2D eigenvalue weighted by Gasteiger charge is -2.67. The summed E-state index contributed by atoms with van der Waals surface area (Å²) >= 11 is 0.